The topological polar surface area (TPSA) is 64.2 Å². The molecule has 0 fully saturated rings. The number of benzene rings is 2. The summed E-state index contributed by atoms with van der Waals surface area (Å²) >= 11 is 3.17. The van der Waals surface area contributed by atoms with E-state index < -0.39 is 0 Å². The number of amides is 1. The van der Waals surface area contributed by atoms with E-state index in [-0.39, 0.29) is 11.7 Å². The number of rotatable bonds is 5. The Morgan fingerprint density at radius 3 is 2.70 bits per heavy atom. The third-order valence-electron chi connectivity index (χ3n) is 4.74. The lowest BCUT2D eigenvalue weighted by molar-refractivity contribution is -0.116. The minimum absolute atomic E-state index is 0.0647. The van der Waals surface area contributed by atoms with Crippen LogP contribution < -0.4 is 4.90 Å². The second-order valence-electron chi connectivity index (χ2n) is 6.60. The average Bonchev–Trinajstić information content (AvgIpc) is 3.47. The van der Waals surface area contributed by atoms with E-state index in [1.54, 1.807) is 18.0 Å². The Morgan fingerprint density at radius 1 is 1.03 bits per heavy atom. The molecule has 150 valence electrons. The predicted molar refractivity (Wildman–Crippen MR) is 119 cm³/mol. The number of furan rings is 1. The third kappa shape index (κ3) is 3.64. The molecule has 0 saturated heterocycles. The van der Waals surface area contributed by atoms with E-state index in [4.69, 9.17) is 4.42 Å². The van der Waals surface area contributed by atoms with Crippen LogP contribution in [-0.4, -0.2) is 38.7 Å². The summed E-state index contributed by atoms with van der Waals surface area (Å²) in [5.74, 6) is 2.49. The van der Waals surface area contributed by atoms with Crippen molar-refractivity contribution in [2.24, 2.45) is 0 Å². The first kappa shape index (κ1) is 19.0. The second kappa shape index (κ2) is 8.41. The molecule has 0 aliphatic carbocycles. The van der Waals surface area contributed by atoms with Gasteiger partial charge in [0.2, 0.25) is 11.7 Å². The smallest absolute Gasteiger partial charge is 0.237 e. The molecule has 0 atom stereocenters. The van der Waals surface area contributed by atoms with Crippen LogP contribution in [0.15, 0.2) is 87.5 Å². The zero-order valence-electron chi connectivity index (χ0n) is 16.0. The quantitative estimate of drug-likeness (QED) is 0.422. The van der Waals surface area contributed by atoms with Crippen LogP contribution in [0.4, 0.5) is 5.69 Å². The molecule has 1 amide bonds. The Balaban J connectivity index is 1.42. The minimum atomic E-state index is 0.0647. The Kier molecular flexibility index (Phi) is 5.33. The van der Waals surface area contributed by atoms with Crippen molar-refractivity contribution in [3.05, 3.63) is 73.0 Å². The number of aromatic nitrogens is 3. The average molecular weight is 435 g/mol. The van der Waals surface area contributed by atoms with Crippen LogP contribution in [-0.2, 0) is 4.79 Å². The summed E-state index contributed by atoms with van der Waals surface area (Å²) in [4.78, 5) is 16.1. The predicted octanol–water partition coefficient (Wildman–Crippen LogP) is 4.76. The van der Waals surface area contributed by atoms with Crippen LogP contribution in [0, 0.1) is 0 Å². The molecular formula is C22H18N4O2S2. The van der Waals surface area contributed by atoms with Gasteiger partial charge in [0.05, 0.1) is 17.7 Å². The molecule has 0 N–H and O–H groups in total. The monoisotopic (exact) mass is 434 g/mol. The van der Waals surface area contributed by atoms with E-state index in [0.717, 1.165) is 22.0 Å². The highest BCUT2D eigenvalue weighted by molar-refractivity contribution is 8.00. The van der Waals surface area contributed by atoms with Gasteiger partial charge in [-0.25, -0.2) is 0 Å². The van der Waals surface area contributed by atoms with Crippen LogP contribution in [0.2, 0.25) is 0 Å². The number of thioether (sulfide) groups is 2. The molecule has 6 nitrogen and oxygen atoms in total. The molecule has 1 aliphatic heterocycles. The van der Waals surface area contributed by atoms with Crippen molar-refractivity contribution in [2.75, 3.05) is 23.0 Å². The molecule has 0 spiro atoms. The zero-order valence-corrected chi connectivity index (χ0v) is 17.6. The van der Waals surface area contributed by atoms with Gasteiger partial charge in [0.25, 0.3) is 0 Å². The van der Waals surface area contributed by atoms with Gasteiger partial charge in [-0.2, -0.15) is 0 Å². The molecule has 1 aliphatic rings. The number of carbonyl (C=O) groups excluding carboxylic acids is 1. The van der Waals surface area contributed by atoms with Crippen molar-refractivity contribution in [1.29, 1.82) is 0 Å². The summed E-state index contributed by atoms with van der Waals surface area (Å²) in [6.45, 7) is 0.712. The number of hydrogen-bond acceptors (Lipinski definition) is 6. The highest BCUT2D eigenvalue weighted by atomic mass is 32.2. The van der Waals surface area contributed by atoms with Crippen molar-refractivity contribution in [3.63, 3.8) is 0 Å². The maximum absolute atomic E-state index is 13.0. The number of hydrogen-bond donors (Lipinski definition) is 0. The normalized spacial score (nSPS) is 13.3. The molecule has 5 rings (SSSR count). The van der Waals surface area contributed by atoms with Crippen LogP contribution in [0.5, 0.6) is 0 Å². The fourth-order valence-corrected chi connectivity index (χ4v) is 5.19. The Morgan fingerprint density at radius 2 is 1.87 bits per heavy atom. The Labute approximate surface area is 182 Å². The van der Waals surface area contributed by atoms with Gasteiger partial charge in [-0.15, -0.1) is 22.0 Å². The van der Waals surface area contributed by atoms with Gasteiger partial charge in [-0.1, -0.05) is 42.1 Å². The summed E-state index contributed by atoms with van der Waals surface area (Å²) in [6.07, 6.45) is 1.61. The van der Waals surface area contributed by atoms with Gasteiger partial charge in [0, 0.05) is 22.9 Å². The number of fused-ring (bicyclic) bond motifs is 1. The first-order chi connectivity index (χ1) is 14.8. The SMILES string of the molecule is O=C(CSc1nnc(-c2ccco2)n1-c1ccccc1)N1CCSc2ccccc21. The fraction of sp³-hybridized carbons (Fsp3) is 0.136. The molecule has 4 aromatic rings. The van der Waals surface area contributed by atoms with E-state index in [0.29, 0.717) is 23.3 Å². The van der Waals surface area contributed by atoms with Gasteiger partial charge in [-0.05, 0) is 36.4 Å². The highest BCUT2D eigenvalue weighted by Gasteiger charge is 2.24. The summed E-state index contributed by atoms with van der Waals surface area (Å²) in [5, 5.41) is 9.34. The number of nitrogens with zero attached hydrogens (tertiary/aromatic N) is 4. The molecular weight excluding hydrogens is 416 g/mol. The van der Waals surface area contributed by atoms with Crippen LogP contribution in [0.1, 0.15) is 0 Å². The van der Waals surface area contributed by atoms with Crippen LogP contribution >= 0.6 is 23.5 Å². The van der Waals surface area contributed by atoms with Gasteiger partial charge in [-0.3, -0.25) is 9.36 Å². The lowest BCUT2D eigenvalue weighted by atomic mass is 10.3. The Bertz CT molecular complexity index is 1160. The number of anilines is 1. The molecule has 3 heterocycles. The molecule has 0 radical (unpaired) electrons. The third-order valence-corrected chi connectivity index (χ3v) is 6.70. The van der Waals surface area contributed by atoms with Gasteiger partial charge in [0.15, 0.2) is 10.9 Å². The standard InChI is InChI=1S/C22H18N4O2S2/c27-20(25-12-14-29-19-11-5-4-9-17(19)25)15-30-22-24-23-21(18-10-6-13-28-18)26(22)16-7-2-1-3-8-16/h1-11,13H,12,14-15H2. The first-order valence-corrected chi connectivity index (χ1v) is 11.5. The van der Waals surface area contributed by atoms with E-state index >= 15 is 0 Å². The van der Waals surface area contributed by atoms with Crippen molar-refractivity contribution in [1.82, 2.24) is 14.8 Å². The van der Waals surface area contributed by atoms with Gasteiger partial charge >= 0.3 is 0 Å². The largest absolute Gasteiger partial charge is 0.461 e. The molecule has 0 unspecified atom stereocenters. The fourth-order valence-electron chi connectivity index (χ4n) is 3.37. The van der Waals surface area contributed by atoms with Crippen molar-refractivity contribution in [3.8, 4) is 17.3 Å². The maximum atomic E-state index is 13.0. The van der Waals surface area contributed by atoms with E-state index in [2.05, 4.69) is 16.3 Å². The first-order valence-electron chi connectivity index (χ1n) is 9.51. The molecule has 2 aromatic heterocycles. The van der Waals surface area contributed by atoms with Crippen LogP contribution in [0.3, 0.4) is 0 Å². The van der Waals surface area contributed by atoms with Crippen molar-refractivity contribution >= 4 is 35.1 Å². The van der Waals surface area contributed by atoms with E-state index in [1.165, 1.54) is 11.8 Å². The highest BCUT2D eigenvalue weighted by Crippen LogP contribution is 2.35. The minimum Gasteiger partial charge on any atom is -0.461 e. The van der Waals surface area contributed by atoms with E-state index in [9.17, 15) is 4.79 Å². The zero-order chi connectivity index (χ0) is 20.3. The van der Waals surface area contributed by atoms with Gasteiger partial charge in [0.1, 0.15) is 0 Å². The molecule has 30 heavy (non-hydrogen) atoms. The lowest BCUT2D eigenvalue weighted by Gasteiger charge is -2.28. The second-order valence-corrected chi connectivity index (χ2v) is 8.68. The Hall–Kier alpha value is -2.97. The van der Waals surface area contributed by atoms with Gasteiger partial charge < -0.3 is 9.32 Å². The molecule has 0 bridgehead atoms. The van der Waals surface area contributed by atoms with E-state index in [1.807, 2.05) is 70.1 Å². The van der Waals surface area contributed by atoms with Crippen LogP contribution in [0.25, 0.3) is 17.3 Å². The molecule has 2 aromatic carbocycles. The number of carbonyl (C=O) groups is 1. The lowest BCUT2D eigenvalue weighted by Crippen LogP contribution is -2.36. The molecule has 0 saturated carbocycles. The summed E-state index contributed by atoms with van der Waals surface area (Å²) in [6, 6.07) is 21.6. The number of para-hydroxylation sites is 2. The maximum Gasteiger partial charge on any atom is 0.237 e. The molecule has 8 heteroatoms. The summed E-state index contributed by atoms with van der Waals surface area (Å²) in [5.41, 5.74) is 1.91. The summed E-state index contributed by atoms with van der Waals surface area (Å²) in [7, 11) is 0. The van der Waals surface area contributed by atoms with Crippen molar-refractivity contribution < 1.29 is 9.21 Å². The summed E-state index contributed by atoms with van der Waals surface area (Å²) < 4.78 is 7.47. The van der Waals surface area contributed by atoms with Crippen molar-refractivity contribution in [2.45, 2.75) is 10.1 Å².